The predicted molar refractivity (Wildman–Crippen MR) is 179 cm³/mol. The van der Waals surface area contributed by atoms with Crippen molar-refractivity contribution in [3.05, 3.63) is 81.1 Å². The van der Waals surface area contributed by atoms with Crippen LogP contribution in [-0.4, -0.2) is 109 Å². The second-order valence-electron chi connectivity index (χ2n) is 12.8. The summed E-state index contributed by atoms with van der Waals surface area (Å²) in [7, 11) is -1.93. The molecule has 3 aliphatic heterocycles. The van der Waals surface area contributed by atoms with E-state index in [0.29, 0.717) is 37.6 Å². The third kappa shape index (κ3) is 7.44. The minimum absolute atomic E-state index is 0.0630. The topological polar surface area (TPSA) is 212 Å². The molecule has 3 aromatic carbocycles. The number of halogens is 4. The number of aromatic hydroxyl groups is 3. The number of likely N-dealkylation sites (tertiary alicyclic amines) is 1. The van der Waals surface area contributed by atoms with E-state index >= 15 is 0 Å². The summed E-state index contributed by atoms with van der Waals surface area (Å²) in [4.78, 5) is 56.8. The number of imide groups is 1. The Labute approximate surface area is 304 Å². The Bertz CT molecular complexity index is 1990. The summed E-state index contributed by atoms with van der Waals surface area (Å²) < 4.78 is 48.4. The summed E-state index contributed by atoms with van der Waals surface area (Å²) in [5.41, 5.74) is -0.948. The number of urea groups is 2. The largest absolute Gasteiger partial charge is 0.547 e. The van der Waals surface area contributed by atoms with Crippen LogP contribution in [0.3, 0.4) is 0 Å². The van der Waals surface area contributed by atoms with Crippen LogP contribution in [0, 0.1) is 17.5 Å². The number of benzene rings is 3. The molecule has 20 heteroatoms. The minimum atomic E-state index is -1.95. The zero-order valence-electron chi connectivity index (χ0n) is 27.6. The molecule has 0 aliphatic carbocycles. The molecule has 7 N–H and O–H groups in total. The Hall–Kier alpha value is -5.40. The molecule has 1 unspecified atom stereocenters. The molecule has 2 fully saturated rings. The standard InChI is InChI=1S/C33H32BClF3N5O10/c35-25-19(13-22(38)27(45)28(25)46)26(30(47)39-23-12-15-1-3-21(37)24(31(48)49)29(15)53-34(23)52)40-32(50)43-10-9-42(33(43)51)17-5-7-41(8-6-17)14-16-11-18(44)2-4-20(16)36/h1-4,11,13,17,23,26,44-46,52H,5-10,12,14H2,(H,39,47)(H,40,50)(H,48,49)/t23-,26?/m0/s1. The lowest BCUT2D eigenvalue weighted by Crippen LogP contribution is -2.56. The highest BCUT2D eigenvalue weighted by Crippen LogP contribution is 2.41. The highest BCUT2D eigenvalue weighted by atomic mass is 35.5. The van der Waals surface area contributed by atoms with Crippen LogP contribution in [0.2, 0.25) is 5.02 Å². The van der Waals surface area contributed by atoms with Gasteiger partial charge in [0, 0.05) is 49.9 Å². The zero-order chi connectivity index (χ0) is 38.3. The van der Waals surface area contributed by atoms with Gasteiger partial charge in [0.05, 0.1) is 11.0 Å². The quantitative estimate of drug-likeness (QED) is 0.131. The SMILES string of the molecule is O=C(O)c1c(F)ccc2c1OB(O)[C@@H](NC(=O)C(NC(=O)N1CCN(C3CCN(Cc4cc(O)ccc4F)CC3)C1=O)c1cc(F)c(O)c(O)c1Cl)C2. The average Bonchev–Trinajstić information content (AvgIpc) is 3.51. The van der Waals surface area contributed by atoms with Crippen LogP contribution < -0.4 is 15.3 Å². The molecule has 0 saturated carbocycles. The number of piperidine rings is 1. The summed E-state index contributed by atoms with van der Waals surface area (Å²) in [5.74, 6) is -10.0. The van der Waals surface area contributed by atoms with Gasteiger partial charge in [-0.05, 0) is 55.2 Å². The predicted octanol–water partition coefficient (Wildman–Crippen LogP) is 2.86. The fraction of sp³-hybridized carbons (Fsp3) is 0.333. The maximum atomic E-state index is 14.7. The van der Waals surface area contributed by atoms with Gasteiger partial charge in [-0.25, -0.2) is 32.5 Å². The lowest BCUT2D eigenvalue weighted by atomic mass is 9.72. The number of carbonyl (C=O) groups is 4. The third-order valence-corrected chi connectivity index (χ3v) is 9.89. The summed E-state index contributed by atoms with van der Waals surface area (Å²) in [6.07, 6.45) is 0.696. The summed E-state index contributed by atoms with van der Waals surface area (Å²) in [6, 6.07) is 2.38. The molecule has 15 nitrogen and oxygen atoms in total. The Kier molecular flexibility index (Phi) is 10.5. The smallest absolute Gasteiger partial charge is 0.534 e. The van der Waals surface area contributed by atoms with Gasteiger partial charge >= 0.3 is 25.1 Å². The first-order valence-electron chi connectivity index (χ1n) is 16.3. The Morgan fingerprint density at radius 1 is 0.962 bits per heavy atom. The number of nitrogens with one attached hydrogen (secondary N) is 2. The minimum Gasteiger partial charge on any atom is -0.534 e. The number of carbonyl (C=O) groups excluding carboxylic acids is 3. The number of phenols is 3. The molecule has 0 spiro atoms. The van der Waals surface area contributed by atoms with Crippen LogP contribution >= 0.6 is 11.6 Å². The average molecular weight is 762 g/mol. The fourth-order valence-electron chi connectivity index (χ4n) is 6.74. The van der Waals surface area contributed by atoms with Crippen molar-refractivity contribution in [1.82, 2.24) is 25.3 Å². The van der Waals surface area contributed by atoms with Gasteiger partial charge in [0.1, 0.15) is 34.7 Å². The van der Waals surface area contributed by atoms with Gasteiger partial charge in [-0.3, -0.25) is 9.69 Å². The van der Waals surface area contributed by atoms with E-state index in [0.717, 1.165) is 11.0 Å². The molecule has 3 aromatic rings. The van der Waals surface area contributed by atoms with Crippen molar-refractivity contribution < 1.29 is 62.5 Å². The second kappa shape index (κ2) is 14.9. The zero-order valence-corrected chi connectivity index (χ0v) is 28.3. The Morgan fingerprint density at radius 3 is 2.36 bits per heavy atom. The van der Waals surface area contributed by atoms with Crippen LogP contribution in [0.5, 0.6) is 23.0 Å². The number of hydrogen-bond donors (Lipinski definition) is 7. The summed E-state index contributed by atoms with van der Waals surface area (Å²) >= 11 is 6.19. The normalized spacial score (nSPS) is 18.4. The van der Waals surface area contributed by atoms with Gasteiger partial charge in [0.15, 0.2) is 17.3 Å². The van der Waals surface area contributed by atoms with Crippen LogP contribution in [0.1, 0.15) is 45.9 Å². The molecule has 0 radical (unpaired) electrons. The van der Waals surface area contributed by atoms with E-state index in [1.807, 2.05) is 4.90 Å². The number of carboxylic acids is 1. The van der Waals surface area contributed by atoms with Gasteiger partial charge in [-0.1, -0.05) is 17.7 Å². The molecule has 5 amide bonds. The van der Waals surface area contributed by atoms with Crippen molar-refractivity contribution in [2.75, 3.05) is 26.2 Å². The van der Waals surface area contributed by atoms with Crippen molar-refractivity contribution in [2.24, 2.45) is 0 Å². The Morgan fingerprint density at radius 2 is 1.66 bits per heavy atom. The molecule has 0 aromatic heterocycles. The van der Waals surface area contributed by atoms with Crippen molar-refractivity contribution in [3.8, 4) is 23.0 Å². The van der Waals surface area contributed by atoms with Gasteiger partial charge in [0.2, 0.25) is 5.91 Å². The van der Waals surface area contributed by atoms with Crippen LogP contribution in [-0.2, 0) is 17.8 Å². The molecule has 3 aliphatic rings. The first-order chi connectivity index (χ1) is 25.1. The first-order valence-corrected chi connectivity index (χ1v) is 16.7. The van der Waals surface area contributed by atoms with E-state index in [1.54, 1.807) is 0 Å². The van der Waals surface area contributed by atoms with E-state index in [-0.39, 0.29) is 43.4 Å². The fourth-order valence-corrected chi connectivity index (χ4v) is 6.99. The van der Waals surface area contributed by atoms with Crippen molar-refractivity contribution in [1.29, 1.82) is 0 Å². The van der Waals surface area contributed by atoms with E-state index in [4.69, 9.17) is 16.3 Å². The monoisotopic (exact) mass is 761 g/mol. The lowest BCUT2D eigenvalue weighted by Gasteiger charge is -2.36. The third-order valence-electron chi connectivity index (χ3n) is 9.50. The molecule has 2 atom stereocenters. The molecule has 53 heavy (non-hydrogen) atoms. The van der Waals surface area contributed by atoms with Gasteiger partial charge < -0.3 is 45.6 Å². The number of fused-ring (bicyclic) bond motifs is 1. The second-order valence-corrected chi connectivity index (χ2v) is 13.2. The van der Waals surface area contributed by atoms with E-state index in [2.05, 4.69) is 10.6 Å². The molecular weight excluding hydrogens is 730 g/mol. The Balaban J connectivity index is 1.16. The summed E-state index contributed by atoms with van der Waals surface area (Å²) in [5, 5.41) is 53.9. The maximum Gasteiger partial charge on any atom is 0.547 e. The van der Waals surface area contributed by atoms with E-state index < -0.39 is 93.9 Å². The van der Waals surface area contributed by atoms with Crippen molar-refractivity contribution in [3.63, 3.8) is 0 Å². The number of amides is 5. The number of phenolic OH excluding ortho intramolecular Hbond substituents is 3. The number of aromatic carboxylic acids is 1. The van der Waals surface area contributed by atoms with Crippen LogP contribution in [0.4, 0.5) is 22.8 Å². The molecule has 3 heterocycles. The van der Waals surface area contributed by atoms with Gasteiger partial charge in [-0.15, -0.1) is 0 Å². The van der Waals surface area contributed by atoms with Gasteiger partial charge in [-0.2, -0.15) is 0 Å². The van der Waals surface area contributed by atoms with Crippen LogP contribution in [0.25, 0.3) is 0 Å². The molecule has 280 valence electrons. The van der Waals surface area contributed by atoms with Crippen LogP contribution in [0.15, 0.2) is 36.4 Å². The maximum absolute atomic E-state index is 14.7. The molecular formula is C33H32BClF3N5O10. The highest BCUT2D eigenvalue weighted by molar-refractivity contribution is 6.47. The van der Waals surface area contributed by atoms with E-state index in [9.17, 15) is 57.8 Å². The summed E-state index contributed by atoms with van der Waals surface area (Å²) in [6.45, 7) is 1.24. The highest BCUT2D eigenvalue weighted by Gasteiger charge is 2.43. The van der Waals surface area contributed by atoms with Crippen molar-refractivity contribution in [2.45, 2.75) is 43.8 Å². The van der Waals surface area contributed by atoms with Gasteiger partial charge in [0.25, 0.3) is 0 Å². The lowest BCUT2D eigenvalue weighted by molar-refractivity contribution is -0.123. The number of rotatable bonds is 8. The molecule has 0 bridgehead atoms. The number of carboxylic acid groups (broad SMARTS) is 1. The number of hydrogen-bond acceptors (Lipinski definition) is 10. The molecule has 6 rings (SSSR count). The van der Waals surface area contributed by atoms with E-state index in [1.165, 1.54) is 29.2 Å². The van der Waals surface area contributed by atoms with Crippen molar-refractivity contribution >= 4 is 42.7 Å². The number of nitrogens with zero attached hydrogens (tertiary/aromatic N) is 3. The molecule has 2 saturated heterocycles. The first kappa shape index (κ1) is 37.4.